The lowest BCUT2D eigenvalue weighted by Gasteiger charge is -2.24. The number of hydrogen-bond acceptors (Lipinski definition) is 4. The number of amides is 3. The average Bonchev–Trinajstić information content (AvgIpc) is 2.49. The summed E-state index contributed by atoms with van der Waals surface area (Å²) in [6.07, 6.45) is 0.719. The molecule has 2 N–H and O–H groups in total. The molecule has 0 spiro atoms. The third-order valence-corrected chi connectivity index (χ3v) is 2.80. The Hall–Kier alpha value is -1.24. The van der Waals surface area contributed by atoms with Crippen LogP contribution in [-0.4, -0.2) is 54.1 Å². The molecule has 3 amide bonds. The first-order valence-corrected chi connectivity index (χ1v) is 6.11. The maximum atomic E-state index is 12.0. The molecule has 0 aromatic rings. The molecule has 1 rings (SSSR count). The van der Waals surface area contributed by atoms with Gasteiger partial charge >= 0.3 is 0 Å². The van der Waals surface area contributed by atoms with Crippen molar-refractivity contribution < 1.29 is 14.4 Å². The zero-order valence-corrected chi connectivity index (χ0v) is 10.6. The van der Waals surface area contributed by atoms with Gasteiger partial charge in [-0.3, -0.25) is 14.4 Å². The van der Waals surface area contributed by atoms with Gasteiger partial charge in [0.15, 0.2) is 0 Å². The van der Waals surface area contributed by atoms with E-state index < -0.39 is 6.04 Å². The minimum absolute atomic E-state index is 0.0443. The molecule has 96 valence electrons. The van der Waals surface area contributed by atoms with Gasteiger partial charge in [0.1, 0.15) is 6.04 Å². The fourth-order valence-electron chi connectivity index (χ4n) is 1.65. The predicted octanol–water partition coefficient (Wildman–Crippen LogP) is -1.23. The van der Waals surface area contributed by atoms with Crippen LogP contribution in [0.25, 0.3) is 0 Å². The SMILES string of the molecule is CC(=O)NC(CS)C(=O)N1CCCNC(=O)C1. The van der Waals surface area contributed by atoms with Crippen molar-refractivity contribution >= 4 is 30.4 Å². The molecule has 1 heterocycles. The molecule has 0 aliphatic carbocycles. The van der Waals surface area contributed by atoms with Gasteiger partial charge in [0.25, 0.3) is 0 Å². The molecule has 7 heteroatoms. The highest BCUT2D eigenvalue weighted by atomic mass is 32.1. The lowest BCUT2D eigenvalue weighted by molar-refractivity contribution is -0.138. The third kappa shape index (κ3) is 4.26. The number of nitrogens with one attached hydrogen (secondary N) is 2. The van der Waals surface area contributed by atoms with Crippen molar-refractivity contribution in [2.75, 3.05) is 25.4 Å². The summed E-state index contributed by atoms with van der Waals surface area (Å²) in [5.41, 5.74) is 0. The first kappa shape index (κ1) is 13.8. The van der Waals surface area contributed by atoms with Crippen molar-refractivity contribution in [3.05, 3.63) is 0 Å². The van der Waals surface area contributed by atoms with Crippen LogP contribution in [0.4, 0.5) is 0 Å². The van der Waals surface area contributed by atoms with Gasteiger partial charge in [0.2, 0.25) is 17.7 Å². The molecule has 1 aliphatic heterocycles. The molecule has 0 radical (unpaired) electrons. The molecular weight excluding hydrogens is 242 g/mol. The summed E-state index contributed by atoms with van der Waals surface area (Å²) in [5, 5.41) is 5.21. The Labute approximate surface area is 106 Å². The highest BCUT2D eigenvalue weighted by molar-refractivity contribution is 7.80. The van der Waals surface area contributed by atoms with Gasteiger partial charge in [0, 0.05) is 25.8 Å². The number of thiol groups is 1. The minimum atomic E-state index is -0.665. The second kappa shape index (κ2) is 6.48. The Balaban J connectivity index is 2.64. The second-order valence-corrected chi connectivity index (χ2v) is 4.26. The molecule has 1 aliphatic rings. The van der Waals surface area contributed by atoms with Gasteiger partial charge in [-0.15, -0.1) is 0 Å². The lowest BCUT2D eigenvalue weighted by Crippen LogP contribution is -2.50. The fourth-order valence-corrected chi connectivity index (χ4v) is 1.89. The van der Waals surface area contributed by atoms with E-state index in [1.807, 2.05) is 0 Å². The van der Waals surface area contributed by atoms with Crippen molar-refractivity contribution in [1.82, 2.24) is 15.5 Å². The van der Waals surface area contributed by atoms with Crippen LogP contribution in [0.2, 0.25) is 0 Å². The van der Waals surface area contributed by atoms with E-state index in [9.17, 15) is 14.4 Å². The minimum Gasteiger partial charge on any atom is -0.354 e. The number of carbonyl (C=O) groups is 3. The highest BCUT2D eigenvalue weighted by Crippen LogP contribution is 2.02. The van der Waals surface area contributed by atoms with Gasteiger partial charge in [0.05, 0.1) is 6.54 Å². The van der Waals surface area contributed by atoms with E-state index in [1.54, 1.807) is 0 Å². The van der Waals surface area contributed by atoms with Crippen LogP contribution in [0.3, 0.4) is 0 Å². The quantitative estimate of drug-likeness (QED) is 0.555. The Morgan fingerprint density at radius 2 is 2.29 bits per heavy atom. The van der Waals surface area contributed by atoms with Crippen LogP contribution >= 0.6 is 12.6 Å². The Kier molecular flexibility index (Phi) is 5.27. The smallest absolute Gasteiger partial charge is 0.246 e. The molecule has 1 fully saturated rings. The van der Waals surface area contributed by atoms with Crippen LogP contribution in [0.5, 0.6) is 0 Å². The van der Waals surface area contributed by atoms with Crippen LogP contribution in [0.15, 0.2) is 0 Å². The Morgan fingerprint density at radius 1 is 1.59 bits per heavy atom. The van der Waals surface area contributed by atoms with Gasteiger partial charge in [-0.05, 0) is 6.42 Å². The number of carbonyl (C=O) groups excluding carboxylic acids is 3. The molecule has 17 heavy (non-hydrogen) atoms. The Morgan fingerprint density at radius 3 is 2.88 bits per heavy atom. The van der Waals surface area contributed by atoms with Gasteiger partial charge in [-0.2, -0.15) is 12.6 Å². The maximum Gasteiger partial charge on any atom is 0.246 e. The van der Waals surface area contributed by atoms with Crippen LogP contribution < -0.4 is 10.6 Å². The van der Waals surface area contributed by atoms with Crippen molar-refractivity contribution in [3.63, 3.8) is 0 Å². The number of rotatable bonds is 3. The zero-order chi connectivity index (χ0) is 12.8. The van der Waals surface area contributed by atoms with Gasteiger partial charge < -0.3 is 15.5 Å². The molecule has 0 aromatic heterocycles. The first-order valence-electron chi connectivity index (χ1n) is 5.48. The summed E-state index contributed by atoms with van der Waals surface area (Å²) in [4.78, 5) is 35.8. The van der Waals surface area contributed by atoms with Crippen LogP contribution in [-0.2, 0) is 14.4 Å². The van der Waals surface area contributed by atoms with E-state index in [0.717, 1.165) is 6.42 Å². The van der Waals surface area contributed by atoms with Gasteiger partial charge in [-0.1, -0.05) is 0 Å². The molecule has 0 bridgehead atoms. The molecule has 0 aromatic carbocycles. The molecule has 1 unspecified atom stereocenters. The highest BCUT2D eigenvalue weighted by Gasteiger charge is 2.26. The second-order valence-electron chi connectivity index (χ2n) is 3.90. The normalized spacial score (nSPS) is 18.0. The first-order chi connectivity index (χ1) is 8.04. The van der Waals surface area contributed by atoms with Gasteiger partial charge in [-0.25, -0.2) is 0 Å². The maximum absolute atomic E-state index is 12.0. The van der Waals surface area contributed by atoms with E-state index in [0.29, 0.717) is 13.1 Å². The molecule has 6 nitrogen and oxygen atoms in total. The number of nitrogens with zero attached hydrogens (tertiary/aromatic N) is 1. The van der Waals surface area contributed by atoms with E-state index in [2.05, 4.69) is 23.3 Å². The largest absolute Gasteiger partial charge is 0.354 e. The van der Waals surface area contributed by atoms with Crippen molar-refractivity contribution in [3.8, 4) is 0 Å². The molecule has 1 atom stereocenters. The summed E-state index contributed by atoms with van der Waals surface area (Å²) in [7, 11) is 0. The van der Waals surface area contributed by atoms with Crippen LogP contribution in [0.1, 0.15) is 13.3 Å². The van der Waals surface area contributed by atoms with Crippen LogP contribution in [0, 0.1) is 0 Å². The summed E-state index contributed by atoms with van der Waals surface area (Å²) in [5.74, 6) is -0.489. The molecular formula is C10H17N3O3S. The summed E-state index contributed by atoms with van der Waals surface area (Å²) in [6, 6.07) is -0.665. The topological polar surface area (TPSA) is 78.5 Å². The monoisotopic (exact) mass is 259 g/mol. The number of hydrogen-bond donors (Lipinski definition) is 3. The van der Waals surface area contributed by atoms with E-state index in [4.69, 9.17) is 0 Å². The third-order valence-electron chi connectivity index (χ3n) is 2.43. The predicted molar refractivity (Wildman–Crippen MR) is 65.7 cm³/mol. The van der Waals surface area contributed by atoms with Crippen molar-refractivity contribution in [2.24, 2.45) is 0 Å². The van der Waals surface area contributed by atoms with E-state index >= 15 is 0 Å². The van der Waals surface area contributed by atoms with Crippen molar-refractivity contribution in [2.45, 2.75) is 19.4 Å². The molecule has 1 saturated heterocycles. The van der Waals surface area contributed by atoms with E-state index in [1.165, 1.54) is 11.8 Å². The zero-order valence-electron chi connectivity index (χ0n) is 9.73. The van der Waals surface area contributed by atoms with Crippen molar-refractivity contribution in [1.29, 1.82) is 0 Å². The fraction of sp³-hybridized carbons (Fsp3) is 0.700. The van der Waals surface area contributed by atoms with E-state index in [-0.39, 0.29) is 30.0 Å². The summed E-state index contributed by atoms with van der Waals surface area (Å²) >= 11 is 4.04. The lowest BCUT2D eigenvalue weighted by atomic mass is 10.2. The molecule has 0 saturated carbocycles. The Bertz CT molecular complexity index is 322. The summed E-state index contributed by atoms with van der Waals surface area (Å²) < 4.78 is 0. The average molecular weight is 259 g/mol. The standard InChI is InChI=1S/C10H17N3O3S/c1-7(14)12-8(6-17)10(16)13-4-2-3-11-9(15)5-13/h8,17H,2-6H2,1H3,(H,11,15)(H,12,14). The summed E-state index contributed by atoms with van der Waals surface area (Å²) in [6.45, 7) is 2.48.